The van der Waals surface area contributed by atoms with Crippen molar-refractivity contribution in [3.05, 3.63) is 53.9 Å². The number of ether oxygens (including phenoxy) is 1. The Morgan fingerprint density at radius 3 is 2.65 bits per heavy atom. The quantitative estimate of drug-likeness (QED) is 0.399. The van der Waals surface area contributed by atoms with Crippen LogP contribution >= 0.6 is 0 Å². The number of amides is 1. The van der Waals surface area contributed by atoms with E-state index in [0.29, 0.717) is 28.2 Å². The lowest BCUT2D eigenvalue weighted by Gasteiger charge is -2.15. The first-order chi connectivity index (χ1) is 15.1. The fourth-order valence-corrected chi connectivity index (χ4v) is 2.94. The fourth-order valence-electron chi connectivity index (χ4n) is 2.94. The monoisotopic (exact) mass is 418 g/mol. The first-order valence-electron chi connectivity index (χ1n) is 9.30. The summed E-state index contributed by atoms with van der Waals surface area (Å²) in [6.07, 6.45) is 1.54. The molecule has 31 heavy (non-hydrogen) atoms. The highest BCUT2D eigenvalue weighted by Crippen LogP contribution is 2.34. The second-order valence-corrected chi connectivity index (χ2v) is 6.56. The fraction of sp³-hybridized carbons (Fsp3) is 0.150. The first kappa shape index (κ1) is 20.0. The van der Waals surface area contributed by atoms with Crippen LogP contribution in [0.15, 0.2) is 42.6 Å². The molecule has 0 atom stereocenters. The zero-order valence-electron chi connectivity index (χ0n) is 16.5. The van der Waals surface area contributed by atoms with Crippen LogP contribution in [-0.2, 0) is 0 Å². The number of aromatic nitrogens is 7. The Balaban J connectivity index is 1.89. The lowest BCUT2D eigenvalue weighted by molar-refractivity contribution is 0.0995. The number of benzene rings is 1. The second kappa shape index (κ2) is 8.63. The molecule has 156 valence electrons. The van der Waals surface area contributed by atoms with E-state index in [0.717, 1.165) is 5.56 Å². The van der Waals surface area contributed by atoms with Crippen molar-refractivity contribution in [2.45, 2.75) is 6.92 Å². The number of aryl methyl sites for hydroxylation is 1. The van der Waals surface area contributed by atoms with Gasteiger partial charge in [-0.2, -0.15) is 4.98 Å². The highest BCUT2D eigenvalue weighted by atomic mass is 16.5. The van der Waals surface area contributed by atoms with Crippen molar-refractivity contribution >= 4 is 5.91 Å². The number of aliphatic hydroxyl groups excluding tert-OH is 1. The number of hydrogen-bond acceptors (Lipinski definition) is 9. The molecule has 4 rings (SSSR count). The molecule has 0 spiro atoms. The number of nitrogens with two attached hydrogens (primary N) is 1. The van der Waals surface area contributed by atoms with Gasteiger partial charge >= 0.3 is 0 Å². The highest BCUT2D eigenvalue weighted by molar-refractivity contribution is 5.99. The number of primary amides is 1. The molecular formula is C20H18N8O3. The minimum absolute atomic E-state index is 0.00138. The topological polar surface area (TPSA) is 166 Å². The molecule has 1 aromatic carbocycles. The molecule has 0 saturated carbocycles. The zero-order valence-corrected chi connectivity index (χ0v) is 16.5. The summed E-state index contributed by atoms with van der Waals surface area (Å²) in [7, 11) is 0. The number of tetrazole rings is 1. The molecule has 3 heterocycles. The number of aliphatic hydroxyl groups is 1. The van der Waals surface area contributed by atoms with Crippen LogP contribution in [-0.4, -0.2) is 59.8 Å². The van der Waals surface area contributed by atoms with Crippen LogP contribution in [0.3, 0.4) is 0 Å². The third-order valence-corrected chi connectivity index (χ3v) is 4.39. The summed E-state index contributed by atoms with van der Waals surface area (Å²) in [5.41, 5.74) is 8.75. The molecule has 11 heteroatoms. The Morgan fingerprint density at radius 1 is 1.16 bits per heavy atom. The maximum absolute atomic E-state index is 12.3. The summed E-state index contributed by atoms with van der Waals surface area (Å²) in [6, 6.07) is 10.8. The van der Waals surface area contributed by atoms with Gasteiger partial charge in [-0.3, -0.25) is 9.78 Å². The van der Waals surface area contributed by atoms with Gasteiger partial charge in [0.2, 0.25) is 5.88 Å². The van der Waals surface area contributed by atoms with Crippen LogP contribution in [0.4, 0.5) is 0 Å². The van der Waals surface area contributed by atoms with Crippen LogP contribution in [0.1, 0.15) is 16.1 Å². The predicted molar refractivity (Wildman–Crippen MR) is 110 cm³/mol. The van der Waals surface area contributed by atoms with Gasteiger partial charge in [-0.15, -0.1) is 5.10 Å². The van der Waals surface area contributed by atoms with Gasteiger partial charge in [-0.25, -0.2) is 10.1 Å². The van der Waals surface area contributed by atoms with E-state index in [1.165, 1.54) is 0 Å². The van der Waals surface area contributed by atoms with E-state index in [1.807, 2.05) is 31.2 Å². The molecule has 0 saturated heterocycles. The lowest BCUT2D eigenvalue weighted by atomic mass is 10.0. The van der Waals surface area contributed by atoms with Crippen molar-refractivity contribution in [1.29, 1.82) is 0 Å². The Hall–Kier alpha value is -4.25. The van der Waals surface area contributed by atoms with E-state index in [-0.39, 0.29) is 30.6 Å². The molecule has 0 aliphatic rings. The van der Waals surface area contributed by atoms with Gasteiger partial charge in [0.1, 0.15) is 18.0 Å². The Bertz CT molecular complexity index is 1210. The van der Waals surface area contributed by atoms with Crippen LogP contribution < -0.4 is 10.5 Å². The molecule has 0 bridgehead atoms. The number of pyridine rings is 1. The van der Waals surface area contributed by atoms with Crippen molar-refractivity contribution in [1.82, 2.24) is 35.6 Å². The van der Waals surface area contributed by atoms with E-state index in [4.69, 9.17) is 10.5 Å². The lowest BCUT2D eigenvalue weighted by Crippen LogP contribution is -2.17. The summed E-state index contributed by atoms with van der Waals surface area (Å²) in [4.78, 5) is 25.5. The van der Waals surface area contributed by atoms with Gasteiger partial charge in [0, 0.05) is 11.8 Å². The summed E-state index contributed by atoms with van der Waals surface area (Å²) in [5, 5.41) is 22.8. The van der Waals surface area contributed by atoms with E-state index >= 15 is 0 Å². The maximum atomic E-state index is 12.3. The normalized spacial score (nSPS) is 10.8. The Kier molecular flexibility index (Phi) is 5.58. The van der Waals surface area contributed by atoms with E-state index in [1.54, 1.807) is 18.3 Å². The maximum Gasteiger partial charge on any atom is 0.268 e. The number of carbonyl (C=O) groups is 1. The van der Waals surface area contributed by atoms with E-state index in [9.17, 15) is 9.90 Å². The number of aromatic amines is 1. The number of nitrogens with zero attached hydrogens (tertiary/aromatic N) is 6. The van der Waals surface area contributed by atoms with Crippen LogP contribution in [0.25, 0.3) is 34.0 Å². The molecule has 0 radical (unpaired) electrons. The van der Waals surface area contributed by atoms with Gasteiger partial charge < -0.3 is 15.6 Å². The van der Waals surface area contributed by atoms with Crippen LogP contribution in [0, 0.1) is 6.92 Å². The molecule has 4 aromatic rings. The molecular weight excluding hydrogens is 400 g/mol. The minimum Gasteiger partial charge on any atom is -0.475 e. The molecule has 3 aromatic heterocycles. The molecule has 0 aliphatic carbocycles. The molecule has 0 fully saturated rings. The van der Waals surface area contributed by atoms with Gasteiger partial charge in [0.05, 0.1) is 12.2 Å². The number of H-pyrrole nitrogens is 1. The number of carbonyl (C=O) groups excluding carboxylic acids is 1. The SMILES string of the molecule is Cc1ccc(-c2c(OCCO)nc(-c3ccnc(-c4nnn[nH]4)c3)nc2C(N)=O)cc1. The third kappa shape index (κ3) is 4.21. The Labute approximate surface area is 176 Å². The molecule has 11 nitrogen and oxygen atoms in total. The molecule has 1 amide bonds. The number of nitrogens with one attached hydrogen (secondary N) is 1. The smallest absolute Gasteiger partial charge is 0.268 e. The van der Waals surface area contributed by atoms with Crippen molar-refractivity contribution in [3.63, 3.8) is 0 Å². The Morgan fingerprint density at radius 2 is 1.97 bits per heavy atom. The van der Waals surface area contributed by atoms with Crippen molar-refractivity contribution in [2.24, 2.45) is 5.73 Å². The highest BCUT2D eigenvalue weighted by Gasteiger charge is 2.22. The van der Waals surface area contributed by atoms with Gasteiger partial charge in [0.15, 0.2) is 11.6 Å². The zero-order chi connectivity index (χ0) is 21.8. The van der Waals surface area contributed by atoms with Crippen LogP contribution in [0.2, 0.25) is 0 Å². The third-order valence-electron chi connectivity index (χ3n) is 4.39. The summed E-state index contributed by atoms with van der Waals surface area (Å²) in [6.45, 7) is 1.71. The van der Waals surface area contributed by atoms with Crippen molar-refractivity contribution < 1.29 is 14.6 Å². The first-order valence-corrected chi connectivity index (χ1v) is 9.30. The van der Waals surface area contributed by atoms with E-state index < -0.39 is 5.91 Å². The summed E-state index contributed by atoms with van der Waals surface area (Å²) in [5.74, 6) is -0.0306. The van der Waals surface area contributed by atoms with Gasteiger partial charge in [0.25, 0.3) is 5.91 Å². The second-order valence-electron chi connectivity index (χ2n) is 6.56. The average Bonchev–Trinajstić information content (AvgIpc) is 3.33. The van der Waals surface area contributed by atoms with Crippen molar-refractivity contribution in [2.75, 3.05) is 13.2 Å². The summed E-state index contributed by atoms with van der Waals surface area (Å²) < 4.78 is 5.66. The summed E-state index contributed by atoms with van der Waals surface area (Å²) >= 11 is 0. The van der Waals surface area contributed by atoms with E-state index in [2.05, 4.69) is 35.6 Å². The molecule has 4 N–H and O–H groups in total. The predicted octanol–water partition coefficient (Wildman–Crippen LogP) is 1.16. The standard InChI is InChI=1S/C20H18N8O3/c1-11-2-4-12(5-3-11)15-16(17(21)30)23-18(24-20(15)31-9-8-29)13-6-7-22-14(10-13)19-25-27-28-26-19/h2-7,10,29H,8-9H2,1H3,(H2,21,30)(H,25,26,27,28). The van der Waals surface area contributed by atoms with Crippen molar-refractivity contribution in [3.8, 4) is 39.9 Å². The molecule has 0 aliphatic heterocycles. The molecule has 0 unspecified atom stereocenters. The van der Waals surface area contributed by atoms with Crippen LogP contribution in [0.5, 0.6) is 5.88 Å². The number of hydrogen-bond donors (Lipinski definition) is 3. The van der Waals surface area contributed by atoms with Gasteiger partial charge in [-0.05, 0) is 35.0 Å². The number of rotatable bonds is 7. The minimum atomic E-state index is -0.734. The average molecular weight is 418 g/mol. The largest absolute Gasteiger partial charge is 0.475 e. The van der Waals surface area contributed by atoms with Gasteiger partial charge in [-0.1, -0.05) is 29.8 Å².